The molecule has 0 aliphatic heterocycles. The number of rotatable bonds is 7. The number of nitrogens with one attached hydrogen (secondary N) is 2. The normalized spacial score (nSPS) is 12.1. The second-order valence-electron chi connectivity index (χ2n) is 4.23. The summed E-state index contributed by atoms with van der Waals surface area (Å²) in [7, 11) is 1.90. The first kappa shape index (κ1) is 17.1. The summed E-state index contributed by atoms with van der Waals surface area (Å²) in [5.41, 5.74) is 0. The Bertz CT molecular complexity index is 163. The van der Waals surface area contributed by atoms with Crippen LogP contribution >= 0.6 is 12.4 Å². The number of carbonyl (C=O) groups is 1. The third kappa shape index (κ3) is 10.0. The van der Waals surface area contributed by atoms with Crippen molar-refractivity contribution in [1.82, 2.24) is 10.6 Å². The van der Waals surface area contributed by atoms with E-state index in [1.807, 2.05) is 7.05 Å². The van der Waals surface area contributed by atoms with Gasteiger partial charge in [0.15, 0.2) is 0 Å². The van der Waals surface area contributed by atoms with Crippen LogP contribution in [0.1, 0.15) is 33.6 Å². The molecule has 1 unspecified atom stereocenters. The molecular weight excluding hydrogens is 212 g/mol. The molecule has 0 aromatic rings. The lowest BCUT2D eigenvalue weighted by molar-refractivity contribution is -0.121. The predicted octanol–water partition coefficient (Wildman–Crippen LogP) is 1.82. The first-order valence-electron chi connectivity index (χ1n) is 5.49. The van der Waals surface area contributed by atoms with Gasteiger partial charge in [0.2, 0.25) is 5.91 Å². The predicted molar refractivity (Wildman–Crippen MR) is 67.4 cm³/mol. The van der Waals surface area contributed by atoms with Gasteiger partial charge in [-0.2, -0.15) is 0 Å². The molecule has 92 valence electrons. The van der Waals surface area contributed by atoms with E-state index in [0.717, 1.165) is 19.5 Å². The second kappa shape index (κ2) is 10.2. The molecule has 0 aliphatic rings. The van der Waals surface area contributed by atoms with Crippen LogP contribution in [0.25, 0.3) is 0 Å². The monoisotopic (exact) mass is 236 g/mol. The summed E-state index contributed by atoms with van der Waals surface area (Å²) in [6, 6.07) is 0. The Balaban J connectivity index is 0. The Morgan fingerprint density at radius 3 is 2.33 bits per heavy atom. The fourth-order valence-electron chi connectivity index (χ4n) is 1.02. The van der Waals surface area contributed by atoms with Gasteiger partial charge in [-0.25, -0.2) is 0 Å². The van der Waals surface area contributed by atoms with Crippen LogP contribution in [0.3, 0.4) is 0 Å². The van der Waals surface area contributed by atoms with Crippen LogP contribution in [0.2, 0.25) is 0 Å². The molecule has 3 nitrogen and oxygen atoms in total. The van der Waals surface area contributed by atoms with Crippen LogP contribution in [0.5, 0.6) is 0 Å². The topological polar surface area (TPSA) is 41.1 Å². The van der Waals surface area contributed by atoms with Crippen LogP contribution < -0.4 is 10.6 Å². The minimum Gasteiger partial charge on any atom is -0.356 e. The lowest BCUT2D eigenvalue weighted by Gasteiger charge is -2.15. The Kier molecular flexibility index (Phi) is 11.7. The van der Waals surface area contributed by atoms with Gasteiger partial charge in [0.25, 0.3) is 0 Å². The van der Waals surface area contributed by atoms with Crippen molar-refractivity contribution in [2.24, 2.45) is 11.8 Å². The molecule has 15 heavy (non-hydrogen) atoms. The quantitative estimate of drug-likeness (QED) is 0.662. The van der Waals surface area contributed by atoms with Gasteiger partial charge in [0.1, 0.15) is 0 Å². The molecule has 0 rings (SSSR count). The van der Waals surface area contributed by atoms with E-state index in [4.69, 9.17) is 0 Å². The van der Waals surface area contributed by atoms with Crippen LogP contribution in [-0.4, -0.2) is 26.0 Å². The Hall–Kier alpha value is -0.280. The maximum atomic E-state index is 11.3. The van der Waals surface area contributed by atoms with Crippen molar-refractivity contribution in [2.45, 2.75) is 33.6 Å². The zero-order valence-corrected chi connectivity index (χ0v) is 11.1. The SMILES string of the molecule is CNCCCC(=O)NCC(C)C(C)C.Cl. The molecule has 0 aromatic carbocycles. The van der Waals surface area contributed by atoms with Crippen LogP contribution in [0.4, 0.5) is 0 Å². The van der Waals surface area contributed by atoms with Crippen LogP contribution in [0.15, 0.2) is 0 Å². The summed E-state index contributed by atoms with van der Waals surface area (Å²) in [6.45, 7) is 8.23. The first-order valence-corrected chi connectivity index (χ1v) is 5.49. The third-order valence-electron chi connectivity index (χ3n) is 2.59. The lowest BCUT2D eigenvalue weighted by atomic mass is 9.98. The summed E-state index contributed by atoms with van der Waals surface area (Å²) in [6.07, 6.45) is 1.55. The fraction of sp³-hybridized carbons (Fsp3) is 0.909. The zero-order valence-electron chi connectivity index (χ0n) is 10.3. The average Bonchev–Trinajstić information content (AvgIpc) is 2.14. The van der Waals surface area contributed by atoms with Gasteiger partial charge in [-0.05, 0) is 31.8 Å². The van der Waals surface area contributed by atoms with Crippen molar-refractivity contribution in [3.8, 4) is 0 Å². The van der Waals surface area contributed by atoms with Crippen molar-refractivity contribution in [2.75, 3.05) is 20.1 Å². The number of carbonyl (C=O) groups excluding carboxylic acids is 1. The molecule has 0 fully saturated rings. The number of amides is 1. The summed E-state index contributed by atoms with van der Waals surface area (Å²) >= 11 is 0. The molecule has 0 radical (unpaired) electrons. The maximum Gasteiger partial charge on any atom is 0.220 e. The van der Waals surface area contributed by atoms with Gasteiger partial charge in [-0.1, -0.05) is 20.8 Å². The van der Waals surface area contributed by atoms with E-state index in [9.17, 15) is 4.79 Å². The number of hydrogen-bond donors (Lipinski definition) is 2. The van der Waals surface area contributed by atoms with E-state index in [0.29, 0.717) is 18.3 Å². The van der Waals surface area contributed by atoms with E-state index in [-0.39, 0.29) is 18.3 Å². The van der Waals surface area contributed by atoms with Crippen molar-refractivity contribution in [3.05, 3.63) is 0 Å². The molecule has 0 heterocycles. The highest BCUT2D eigenvalue weighted by molar-refractivity contribution is 5.85. The molecule has 0 spiro atoms. The Labute approximate surface area is 99.8 Å². The molecule has 1 amide bonds. The minimum absolute atomic E-state index is 0. The van der Waals surface area contributed by atoms with Gasteiger partial charge in [-0.15, -0.1) is 12.4 Å². The maximum absolute atomic E-state index is 11.3. The standard InChI is InChI=1S/C11H24N2O.ClH/c1-9(2)10(3)8-13-11(14)6-5-7-12-4;/h9-10,12H,5-8H2,1-4H3,(H,13,14);1H. The molecule has 0 aliphatic carbocycles. The first-order chi connectivity index (χ1) is 6.57. The molecule has 1 atom stereocenters. The van der Waals surface area contributed by atoms with E-state index in [2.05, 4.69) is 31.4 Å². The highest BCUT2D eigenvalue weighted by atomic mass is 35.5. The van der Waals surface area contributed by atoms with Crippen molar-refractivity contribution >= 4 is 18.3 Å². The fourth-order valence-corrected chi connectivity index (χ4v) is 1.02. The largest absolute Gasteiger partial charge is 0.356 e. The molecular formula is C11H25ClN2O. The smallest absolute Gasteiger partial charge is 0.220 e. The highest BCUT2D eigenvalue weighted by Gasteiger charge is 2.08. The average molecular weight is 237 g/mol. The Morgan fingerprint density at radius 1 is 1.27 bits per heavy atom. The van der Waals surface area contributed by atoms with Gasteiger partial charge in [0, 0.05) is 13.0 Å². The third-order valence-corrected chi connectivity index (χ3v) is 2.59. The lowest BCUT2D eigenvalue weighted by Crippen LogP contribution is -2.30. The summed E-state index contributed by atoms with van der Waals surface area (Å²) < 4.78 is 0. The zero-order chi connectivity index (χ0) is 11.0. The van der Waals surface area contributed by atoms with E-state index < -0.39 is 0 Å². The van der Waals surface area contributed by atoms with E-state index in [1.165, 1.54) is 0 Å². The number of hydrogen-bond acceptors (Lipinski definition) is 2. The molecule has 0 aromatic heterocycles. The summed E-state index contributed by atoms with van der Waals surface area (Å²) in [5, 5.41) is 5.98. The van der Waals surface area contributed by atoms with Crippen molar-refractivity contribution < 1.29 is 4.79 Å². The van der Waals surface area contributed by atoms with Gasteiger partial charge in [0.05, 0.1) is 0 Å². The molecule has 4 heteroatoms. The van der Waals surface area contributed by atoms with E-state index >= 15 is 0 Å². The highest BCUT2D eigenvalue weighted by Crippen LogP contribution is 2.07. The van der Waals surface area contributed by atoms with Crippen molar-refractivity contribution in [1.29, 1.82) is 0 Å². The van der Waals surface area contributed by atoms with Crippen LogP contribution in [0, 0.1) is 11.8 Å². The van der Waals surface area contributed by atoms with Crippen LogP contribution in [-0.2, 0) is 4.79 Å². The summed E-state index contributed by atoms with van der Waals surface area (Å²) in [5.74, 6) is 1.36. The van der Waals surface area contributed by atoms with E-state index in [1.54, 1.807) is 0 Å². The molecule has 0 saturated carbocycles. The van der Waals surface area contributed by atoms with Gasteiger partial charge in [-0.3, -0.25) is 4.79 Å². The molecule has 0 bridgehead atoms. The van der Waals surface area contributed by atoms with Gasteiger partial charge >= 0.3 is 0 Å². The van der Waals surface area contributed by atoms with Gasteiger partial charge < -0.3 is 10.6 Å². The molecule has 2 N–H and O–H groups in total. The number of halogens is 1. The molecule has 0 saturated heterocycles. The Morgan fingerprint density at radius 2 is 1.87 bits per heavy atom. The second-order valence-corrected chi connectivity index (χ2v) is 4.23. The summed E-state index contributed by atoms with van der Waals surface area (Å²) in [4.78, 5) is 11.3. The van der Waals surface area contributed by atoms with Crippen molar-refractivity contribution in [3.63, 3.8) is 0 Å². The minimum atomic E-state index is 0.